The van der Waals surface area contributed by atoms with Gasteiger partial charge in [-0.15, -0.1) is 0 Å². The highest BCUT2D eigenvalue weighted by Crippen LogP contribution is 2.50. The Morgan fingerprint density at radius 2 is 0.824 bits per heavy atom. The molecule has 4 aromatic rings. The minimum atomic E-state index is -0.772. The molecule has 2 heteroatoms. The fraction of sp³-hybridized carbons (Fsp3) is 0.250. The zero-order chi connectivity index (χ0) is 24.2. The topological polar surface area (TPSA) is 3.24 Å². The van der Waals surface area contributed by atoms with Gasteiger partial charge >= 0.3 is 0 Å². The van der Waals surface area contributed by atoms with Crippen molar-refractivity contribution < 1.29 is 0 Å². The highest BCUT2D eigenvalue weighted by molar-refractivity contribution is 7.70. The SMILES string of the molecule is Cc1cc(C)cc(P(c2cc(C)cc(C)c2)N([C@@H](C)c2ccccc2)[C@@H](C)c2ccccc2)c1. The van der Waals surface area contributed by atoms with Gasteiger partial charge in [-0.2, -0.15) is 0 Å². The van der Waals surface area contributed by atoms with Gasteiger partial charge < -0.3 is 0 Å². The molecule has 0 N–H and O–H groups in total. The predicted octanol–water partition coefficient (Wildman–Crippen LogP) is 8.09. The maximum absolute atomic E-state index is 2.77. The maximum atomic E-state index is 2.77. The van der Waals surface area contributed by atoms with E-state index in [-0.39, 0.29) is 12.1 Å². The van der Waals surface area contributed by atoms with Crippen LogP contribution in [0.25, 0.3) is 0 Å². The molecular weight excluding hydrogens is 429 g/mol. The van der Waals surface area contributed by atoms with E-state index in [1.807, 2.05) is 0 Å². The van der Waals surface area contributed by atoms with Crippen molar-refractivity contribution in [3.8, 4) is 0 Å². The molecule has 0 aromatic heterocycles. The Morgan fingerprint density at radius 1 is 0.500 bits per heavy atom. The highest BCUT2D eigenvalue weighted by Gasteiger charge is 2.32. The van der Waals surface area contributed by atoms with E-state index in [1.165, 1.54) is 44.0 Å². The molecule has 0 spiro atoms. The lowest BCUT2D eigenvalue weighted by atomic mass is 10.0. The molecule has 0 aliphatic carbocycles. The zero-order valence-corrected chi connectivity index (χ0v) is 22.2. The summed E-state index contributed by atoms with van der Waals surface area (Å²) in [6, 6.07) is 36.6. The Kier molecular flexibility index (Phi) is 7.67. The average molecular weight is 466 g/mol. The molecule has 0 radical (unpaired) electrons. The van der Waals surface area contributed by atoms with Crippen LogP contribution in [0, 0.1) is 27.7 Å². The molecule has 4 aromatic carbocycles. The molecule has 174 valence electrons. The van der Waals surface area contributed by atoms with Gasteiger partial charge in [-0.3, -0.25) is 4.67 Å². The lowest BCUT2D eigenvalue weighted by Crippen LogP contribution is -2.33. The molecule has 0 fully saturated rings. The molecule has 0 aliphatic rings. The second-order valence-corrected chi connectivity index (χ2v) is 11.7. The summed E-state index contributed by atoms with van der Waals surface area (Å²) in [6.07, 6.45) is 0. The Labute approximate surface area is 207 Å². The average Bonchev–Trinajstić information content (AvgIpc) is 2.81. The van der Waals surface area contributed by atoms with Crippen LogP contribution in [0.15, 0.2) is 97.1 Å². The van der Waals surface area contributed by atoms with E-state index >= 15 is 0 Å². The minimum Gasteiger partial charge on any atom is -0.261 e. The van der Waals surface area contributed by atoms with Gasteiger partial charge in [0.1, 0.15) is 0 Å². The molecule has 0 bridgehead atoms. The van der Waals surface area contributed by atoms with Crippen LogP contribution in [0.5, 0.6) is 0 Å². The summed E-state index contributed by atoms with van der Waals surface area (Å²) in [5.41, 5.74) is 8.01. The van der Waals surface area contributed by atoms with Crippen LogP contribution < -0.4 is 10.6 Å². The van der Waals surface area contributed by atoms with Crippen LogP contribution in [0.4, 0.5) is 0 Å². The van der Waals surface area contributed by atoms with Gasteiger partial charge in [0.15, 0.2) is 0 Å². The summed E-state index contributed by atoms with van der Waals surface area (Å²) in [4.78, 5) is 0. The number of hydrogen-bond donors (Lipinski definition) is 0. The van der Waals surface area contributed by atoms with Crippen LogP contribution in [-0.2, 0) is 0 Å². The lowest BCUT2D eigenvalue weighted by Gasteiger charge is -2.42. The molecule has 0 aliphatic heterocycles. The maximum Gasteiger partial charge on any atom is 0.0368 e. The minimum absolute atomic E-state index is 0.254. The molecular formula is C32H36NP. The monoisotopic (exact) mass is 465 g/mol. The third-order valence-corrected chi connectivity index (χ3v) is 9.14. The molecule has 0 amide bonds. The predicted molar refractivity (Wildman–Crippen MR) is 150 cm³/mol. The van der Waals surface area contributed by atoms with E-state index in [4.69, 9.17) is 0 Å². The summed E-state index contributed by atoms with van der Waals surface area (Å²) in [5, 5.41) is 2.84. The third-order valence-electron chi connectivity index (χ3n) is 6.49. The number of benzene rings is 4. The quantitative estimate of drug-likeness (QED) is 0.249. The van der Waals surface area contributed by atoms with E-state index in [9.17, 15) is 0 Å². The summed E-state index contributed by atoms with van der Waals surface area (Å²) >= 11 is 0. The molecule has 0 unspecified atom stereocenters. The molecule has 1 nitrogen and oxygen atoms in total. The Hall–Kier alpha value is -2.73. The van der Waals surface area contributed by atoms with Crippen LogP contribution in [0.2, 0.25) is 0 Å². The van der Waals surface area contributed by atoms with Gasteiger partial charge in [-0.1, -0.05) is 95.1 Å². The van der Waals surface area contributed by atoms with Crippen molar-refractivity contribution in [2.45, 2.75) is 53.6 Å². The second kappa shape index (κ2) is 10.7. The third kappa shape index (κ3) is 5.49. The fourth-order valence-corrected chi connectivity index (χ4v) is 8.11. The van der Waals surface area contributed by atoms with Gasteiger partial charge in [0.05, 0.1) is 0 Å². The number of aryl methyl sites for hydroxylation is 4. The van der Waals surface area contributed by atoms with Crippen molar-refractivity contribution in [1.82, 2.24) is 4.67 Å². The van der Waals surface area contributed by atoms with Crippen LogP contribution >= 0.6 is 8.07 Å². The van der Waals surface area contributed by atoms with Crippen LogP contribution in [-0.4, -0.2) is 4.67 Å². The molecule has 34 heavy (non-hydrogen) atoms. The standard InChI is InChI=1S/C32H36NP/c1-23-17-24(2)20-31(19-23)34(32-21-25(3)18-26(4)22-32)33(27(5)29-13-9-7-10-14-29)28(6)30-15-11-8-12-16-30/h7-22,27-28H,1-6H3/t27-,28-/m0/s1. The Morgan fingerprint density at radius 3 is 1.15 bits per heavy atom. The highest BCUT2D eigenvalue weighted by atomic mass is 31.1. The van der Waals surface area contributed by atoms with E-state index in [1.54, 1.807) is 0 Å². The van der Waals surface area contributed by atoms with E-state index in [0.717, 1.165) is 0 Å². The van der Waals surface area contributed by atoms with Crippen LogP contribution in [0.1, 0.15) is 59.3 Å². The van der Waals surface area contributed by atoms with Crippen molar-refractivity contribution >= 4 is 18.7 Å². The van der Waals surface area contributed by atoms with Crippen LogP contribution in [0.3, 0.4) is 0 Å². The van der Waals surface area contributed by atoms with Crippen molar-refractivity contribution in [1.29, 1.82) is 0 Å². The molecule has 0 heterocycles. The molecule has 2 atom stereocenters. The van der Waals surface area contributed by atoms with Gasteiger partial charge in [0, 0.05) is 20.2 Å². The fourth-order valence-electron chi connectivity index (χ4n) is 5.01. The largest absolute Gasteiger partial charge is 0.261 e. The van der Waals surface area contributed by atoms with Crippen molar-refractivity contribution in [2.24, 2.45) is 0 Å². The lowest BCUT2D eigenvalue weighted by molar-refractivity contribution is 0.303. The van der Waals surface area contributed by atoms with Gasteiger partial charge in [-0.25, -0.2) is 0 Å². The van der Waals surface area contributed by atoms with Crippen molar-refractivity contribution in [2.75, 3.05) is 0 Å². The summed E-state index contributed by atoms with van der Waals surface area (Å²) in [5.74, 6) is 0. The van der Waals surface area contributed by atoms with Gasteiger partial charge in [0.2, 0.25) is 0 Å². The number of rotatable bonds is 7. The number of nitrogens with zero attached hydrogens (tertiary/aromatic N) is 1. The van der Waals surface area contributed by atoms with E-state index in [0.29, 0.717) is 0 Å². The van der Waals surface area contributed by atoms with E-state index < -0.39 is 8.07 Å². The second-order valence-electron chi connectivity index (χ2n) is 9.56. The summed E-state index contributed by atoms with van der Waals surface area (Å²) in [6.45, 7) is 13.6. The zero-order valence-electron chi connectivity index (χ0n) is 21.3. The van der Waals surface area contributed by atoms with Gasteiger partial charge in [-0.05, 0) is 87.5 Å². The summed E-state index contributed by atoms with van der Waals surface area (Å²) in [7, 11) is -0.772. The van der Waals surface area contributed by atoms with E-state index in [2.05, 4.69) is 143 Å². The smallest absolute Gasteiger partial charge is 0.0368 e. The summed E-state index contributed by atoms with van der Waals surface area (Å²) < 4.78 is 2.77. The molecule has 4 rings (SSSR count). The molecule has 0 saturated carbocycles. The van der Waals surface area contributed by atoms with Gasteiger partial charge in [0.25, 0.3) is 0 Å². The van der Waals surface area contributed by atoms with Crippen molar-refractivity contribution in [3.05, 3.63) is 130 Å². The Bertz CT molecular complexity index is 1100. The first kappa shape index (κ1) is 24.4. The van der Waals surface area contributed by atoms with Crippen molar-refractivity contribution in [3.63, 3.8) is 0 Å². The first-order chi connectivity index (χ1) is 16.3. The molecule has 0 saturated heterocycles. The first-order valence-corrected chi connectivity index (χ1v) is 13.5. The first-order valence-electron chi connectivity index (χ1n) is 12.2. The Balaban J connectivity index is 1.96. The normalized spacial score (nSPS) is 13.3. The number of hydrogen-bond acceptors (Lipinski definition) is 1.